The molecule has 0 bridgehead atoms. The molecule has 16 heavy (non-hydrogen) atoms. The van der Waals surface area contributed by atoms with Crippen molar-refractivity contribution in [1.29, 1.82) is 0 Å². The summed E-state index contributed by atoms with van der Waals surface area (Å²) in [4.78, 5) is 0. The van der Waals surface area contributed by atoms with Crippen LogP contribution in [-0.4, -0.2) is 0 Å². The van der Waals surface area contributed by atoms with Gasteiger partial charge in [0, 0.05) is 0 Å². The summed E-state index contributed by atoms with van der Waals surface area (Å²) in [6.45, 7) is 4.07. The van der Waals surface area contributed by atoms with E-state index in [0.717, 1.165) is 5.56 Å². The highest BCUT2D eigenvalue weighted by atomic mass is 14.0. The summed E-state index contributed by atoms with van der Waals surface area (Å²) in [6, 6.07) is 14.0. The zero-order chi connectivity index (χ0) is 11.4. The van der Waals surface area contributed by atoms with E-state index >= 15 is 0 Å². The van der Waals surface area contributed by atoms with Crippen LogP contribution >= 0.6 is 0 Å². The Morgan fingerprint density at radius 1 is 1.00 bits per heavy atom. The molecule has 0 amide bonds. The average Bonchev–Trinajstić information content (AvgIpc) is 2.30. The Bertz CT molecular complexity index is 494. The number of fused-ring (bicyclic) bond motifs is 1. The van der Waals surface area contributed by atoms with E-state index in [-0.39, 0.29) is 0 Å². The third-order valence-corrected chi connectivity index (χ3v) is 2.53. The second-order valence-electron chi connectivity index (χ2n) is 3.73. The lowest BCUT2D eigenvalue weighted by Gasteiger charge is -2.04. The Kier molecular flexibility index (Phi) is 3.21. The summed E-state index contributed by atoms with van der Waals surface area (Å²) in [5.41, 5.74) is 2.37. The van der Waals surface area contributed by atoms with E-state index in [1.54, 1.807) is 0 Å². The Morgan fingerprint density at radius 3 is 2.50 bits per heavy atom. The molecule has 0 atom stereocenters. The van der Waals surface area contributed by atoms with Crippen LogP contribution in [0.5, 0.6) is 0 Å². The lowest BCUT2D eigenvalue weighted by atomic mass is 10.0. The van der Waals surface area contributed by atoms with Gasteiger partial charge in [0.25, 0.3) is 0 Å². The molecule has 0 spiro atoms. The first kappa shape index (κ1) is 10.7. The van der Waals surface area contributed by atoms with Gasteiger partial charge in [-0.2, -0.15) is 0 Å². The van der Waals surface area contributed by atoms with E-state index in [0.29, 0.717) is 0 Å². The number of hydrogen-bond acceptors (Lipinski definition) is 0. The van der Waals surface area contributed by atoms with Gasteiger partial charge in [0.15, 0.2) is 0 Å². The highest BCUT2D eigenvalue weighted by Crippen LogP contribution is 2.21. The average molecular weight is 207 g/mol. The summed E-state index contributed by atoms with van der Waals surface area (Å²) >= 11 is 0. The molecular formula is C16H15. The van der Waals surface area contributed by atoms with Crippen molar-refractivity contribution in [1.82, 2.24) is 0 Å². The largest absolute Gasteiger partial charge is 0.0870 e. The molecule has 2 rings (SSSR count). The lowest BCUT2D eigenvalue weighted by molar-refractivity contribution is 1.62. The smallest absolute Gasteiger partial charge is 0.00145 e. The first-order valence-corrected chi connectivity index (χ1v) is 5.55. The fourth-order valence-electron chi connectivity index (χ4n) is 1.82. The van der Waals surface area contributed by atoms with Gasteiger partial charge in [-0.15, -0.1) is 0 Å². The maximum atomic E-state index is 3.44. The van der Waals surface area contributed by atoms with Crippen molar-refractivity contribution >= 4 is 22.9 Å². The highest BCUT2D eigenvalue weighted by Gasteiger charge is 1.99. The molecule has 0 fully saturated rings. The molecule has 0 nitrogen and oxygen atoms in total. The van der Waals surface area contributed by atoms with E-state index in [1.807, 2.05) is 26.0 Å². The number of rotatable bonds is 2. The van der Waals surface area contributed by atoms with E-state index in [9.17, 15) is 0 Å². The van der Waals surface area contributed by atoms with Gasteiger partial charge in [0.1, 0.15) is 0 Å². The van der Waals surface area contributed by atoms with Crippen LogP contribution in [0.4, 0.5) is 0 Å². The Hall–Kier alpha value is -1.82. The SMILES string of the molecule is CC=Cc1[c]c2ccccc2cc1C=CC. The summed E-state index contributed by atoms with van der Waals surface area (Å²) in [7, 11) is 0. The predicted molar refractivity (Wildman–Crippen MR) is 72.2 cm³/mol. The normalized spacial score (nSPS) is 11.9. The predicted octanol–water partition coefficient (Wildman–Crippen LogP) is 4.71. The van der Waals surface area contributed by atoms with Crippen LogP contribution in [0.2, 0.25) is 0 Å². The molecule has 2 aromatic carbocycles. The van der Waals surface area contributed by atoms with Crippen molar-refractivity contribution in [3.05, 3.63) is 59.7 Å². The second kappa shape index (κ2) is 4.80. The van der Waals surface area contributed by atoms with Gasteiger partial charge in [0.2, 0.25) is 0 Å². The topological polar surface area (TPSA) is 0 Å². The van der Waals surface area contributed by atoms with Gasteiger partial charge in [-0.05, 0) is 47.9 Å². The molecule has 79 valence electrons. The van der Waals surface area contributed by atoms with Gasteiger partial charge in [-0.25, -0.2) is 0 Å². The van der Waals surface area contributed by atoms with E-state index in [1.165, 1.54) is 16.3 Å². The van der Waals surface area contributed by atoms with Gasteiger partial charge in [-0.3, -0.25) is 0 Å². The zero-order valence-electron chi connectivity index (χ0n) is 9.70. The van der Waals surface area contributed by atoms with Crippen molar-refractivity contribution in [2.24, 2.45) is 0 Å². The van der Waals surface area contributed by atoms with Crippen LogP contribution in [0.15, 0.2) is 42.5 Å². The third-order valence-electron chi connectivity index (χ3n) is 2.53. The van der Waals surface area contributed by atoms with Crippen molar-refractivity contribution in [3.8, 4) is 0 Å². The summed E-state index contributed by atoms with van der Waals surface area (Å²) in [5.74, 6) is 0. The molecule has 0 saturated heterocycles. The molecule has 0 saturated carbocycles. The summed E-state index contributed by atoms with van der Waals surface area (Å²) in [5, 5.41) is 2.41. The molecule has 0 heteroatoms. The molecule has 0 aliphatic heterocycles. The fourth-order valence-corrected chi connectivity index (χ4v) is 1.82. The van der Waals surface area contributed by atoms with Crippen molar-refractivity contribution < 1.29 is 0 Å². The van der Waals surface area contributed by atoms with Crippen LogP contribution in [0, 0.1) is 6.07 Å². The minimum absolute atomic E-state index is 1.15. The molecule has 0 aromatic heterocycles. The zero-order valence-corrected chi connectivity index (χ0v) is 9.70. The maximum absolute atomic E-state index is 3.44. The first-order chi connectivity index (χ1) is 7.85. The van der Waals surface area contributed by atoms with Gasteiger partial charge in [-0.1, -0.05) is 48.6 Å². The minimum Gasteiger partial charge on any atom is -0.0870 e. The minimum atomic E-state index is 1.15. The Balaban J connectivity index is 2.70. The quantitative estimate of drug-likeness (QED) is 0.669. The fraction of sp³-hybridized carbons (Fsp3) is 0.125. The second-order valence-corrected chi connectivity index (χ2v) is 3.73. The lowest BCUT2D eigenvalue weighted by Crippen LogP contribution is -1.83. The number of allylic oxidation sites excluding steroid dienone is 2. The van der Waals surface area contributed by atoms with Crippen molar-refractivity contribution in [2.75, 3.05) is 0 Å². The summed E-state index contributed by atoms with van der Waals surface area (Å²) < 4.78 is 0. The van der Waals surface area contributed by atoms with Crippen LogP contribution in [0.3, 0.4) is 0 Å². The monoisotopic (exact) mass is 207 g/mol. The molecule has 0 aliphatic rings. The molecule has 2 aromatic rings. The van der Waals surface area contributed by atoms with Crippen molar-refractivity contribution in [2.45, 2.75) is 13.8 Å². The first-order valence-electron chi connectivity index (χ1n) is 5.55. The van der Waals surface area contributed by atoms with E-state index < -0.39 is 0 Å². The molecule has 1 radical (unpaired) electrons. The van der Waals surface area contributed by atoms with Gasteiger partial charge < -0.3 is 0 Å². The van der Waals surface area contributed by atoms with Crippen LogP contribution < -0.4 is 0 Å². The third kappa shape index (κ3) is 2.06. The molecule has 0 unspecified atom stereocenters. The Labute approximate surface area is 96.9 Å². The van der Waals surface area contributed by atoms with Gasteiger partial charge in [0.05, 0.1) is 0 Å². The van der Waals surface area contributed by atoms with Crippen LogP contribution in [0.25, 0.3) is 22.9 Å². The Morgan fingerprint density at radius 2 is 1.75 bits per heavy atom. The standard InChI is InChI=1S/C16H15/c1-3-7-13-11-15-9-5-6-10-16(15)12-14(13)8-4-2/h3-11H,1-2H3. The van der Waals surface area contributed by atoms with E-state index in [2.05, 4.69) is 48.6 Å². The van der Waals surface area contributed by atoms with Crippen molar-refractivity contribution in [3.63, 3.8) is 0 Å². The molecule has 0 aliphatic carbocycles. The van der Waals surface area contributed by atoms with Gasteiger partial charge >= 0.3 is 0 Å². The highest BCUT2D eigenvalue weighted by molar-refractivity contribution is 5.87. The maximum Gasteiger partial charge on any atom is -0.00145 e. The van der Waals surface area contributed by atoms with Crippen LogP contribution in [-0.2, 0) is 0 Å². The molecule has 0 N–H and O–H groups in total. The van der Waals surface area contributed by atoms with Crippen LogP contribution in [0.1, 0.15) is 25.0 Å². The number of benzene rings is 2. The summed E-state index contributed by atoms with van der Waals surface area (Å²) in [6.07, 6.45) is 8.33. The van der Waals surface area contributed by atoms with E-state index in [4.69, 9.17) is 0 Å². The molecular weight excluding hydrogens is 192 g/mol. The number of hydrogen-bond donors (Lipinski definition) is 0. The molecule has 0 heterocycles.